The lowest BCUT2D eigenvalue weighted by Crippen LogP contribution is -2.42. The first-order valence-corrected chi connectivity index (χ1v) is 10.0. The Bertz CT molecular complexity index is 619. The van der Waals surface area contributed by atoms with Crippen LogP contribution in [0.5, 0.6) is 0 Å². The van der Waals surface area contributed by atoms with E-state index in [0.29, 0.717) is 36.0 Å². The first-order chi connectivity index (χ1) is 9.96. The molecule has 0 amide bonds. The normalized spacial score (nSPS) is 18.0. The lowest BCUT2D eigenvalue weighted by atomic mass is 10.1. The monoisotopic (exact) mass is 330 g/mol. The molecule has 118 valence electrons. The van der Waals surface area contributed by atoms with Gasteiger partial charge in [0, 0.05) is 41.9 Å². The fraction of sp³-hybridized carbons (Fsp3) is 0.571. The van der Waals surface area contributed by atoms with Crippen molar-refractivity contribution >= 4 is 20.8 Å². The third-order valence-electron chi connectivity index (χ3n) is 3.72. The second-order valence-electron chi connectivity index (χ2n) is 5.07. The van der Waals surface area contributed by atoms with Crippen molar-refractivity contribution in [3.8, 4) is 0 Å². The molecule has 2 rings (SSSR count). The van der Waals surface area contributed by atoms with E-state index in [1.54, 1.807) is 12.1 Å². The van der Waals surface area contributed by atoms with Gasteiger partial charge in [-0.15, -0.1) is 0 Å². The molecule has 7 heteroatoms. The van der Waals surface area contributed by atoms with Crippen LogP contribution in [-0.2, 0) is 27.4 Å². The smallest absolute Gasteiger partial charge is 0.243 e. The minimum absolute atomic E-state index is 0.339. The van der Waals surface area contributed by atoms with Gasteiger partial charge in [-0.3, -0.25) is 4.21 Å². The third-order valence-corrected chi connectivity index (χ3v) is 7.04. The Balaban J connectivity index is 2.29. The molecule has 0 aromatic heterocycles. The van der Waals surface area contributed by atoms with Crippen LogP contribution in [0.3, 0.4) is 0 Å². The number of nitrogens with one attached hydrogen (secondary N) is 1. The second kappa shape index (κ2) is 7.00. The zero-order valence-corrected chi connectivity index (χ0v) is 14.1. The van der Waals surface area contributed by atoms with Crippen molar-refractivity contribution in [2.75, 3.05) is 31.1 Å². The summed E-state index contributed by atoms with van der Waals surface area (Å²) in [7, 11) is -4.37. The van der Waals surface area contributed by atoms with Crippen molar-refractivity contribution in [1.82, 2.24) is 9.62 Å². The van der Waals surface area contributed by atoms with Gasteiger partial charge in [0.2, 0.25) is 10.0 Å². The van der Waals surface area contributed by atoms with Gasteiger partial charge < -0.3 is 5.32 Å². The number of sulfonamides is 1. The summed E-state index contributed by atoms with van der Waals surface area (Å²) in [6.07, 6.45) is 0. The summed E-state index contributed by atoms with van der Waals surface area (Å²) in [5.41, 5.74) is 1.80. The Morgan fingerprint density at radius 3 is 2.57 bits per heavy atom. The van der Waals surface area contributed by atoms with Gasteiger partial charge in [0.05, 0.1) is 4.90 Å². The molecule has 0 bridgehead atoms. The summed E-state index contributed by atoms with van der Waals surface area (Å²) in [5, 5.41) is 3.22. The van der Waals surface area contributed by atoms with Crippen LogP contribution in [0.25, 0.3) is 0 Å². The Hall–Kier alpha value is -0.760. The van der Waals surface area contributed by atoms with Gasteiger partial charge in [-0.05, 0) is 30.7 Å². The SMILES string of the molecule is CCNCc1cccc(S(=O)(=O)N2CCS(=O)CC2)c1C. The first-order valence-electron chi connectivity index (χ1n) is 7.11. The lowest BCUT2D eigenvalue weighted by molar-refractivity contribution is 0.438. The molecule has 0 radical (unpaired) electrons. The average molecular weight is 330 g/mol. The summed E-state index contributed by atoms with van der Waals surface area (Å²) in [6, 6.07) is 5.39. The average Bonchev–Trinajstić information content (AvgIpc) is 2.46. The molecule has 0 atom stereocenters. The van der Waals surface area contributed by atoms with Crippen molar-refractivity contribution in [1.29, 1.82) is 0 Å². The highest BCUT2D eigenvalue weighted by atomic mass is 32.2. The summed E-state index contributed by atoms with van der Waals surface area (Å²) < 4.78 is 38.3. The van der Waals surface area contributed by atoms with Crippen LogP contribution in [0.2, 0.25) is 0 Å². The molecule has 1 aliphatic rings. The maximum atomic E-state index is 12.7. The number of rotatable bonds is 5. The maximum Gasteiger partial charge on any atom is 0.243 e. The van der Waals surface area contributed by atoms with Gasteiger partial charge in [-0.2, -0.15) is 4.31 Å². The third kappa shape index (κ3) is 3.71. The molecular formula is C14H22N2O3S2. The number of hydrogen-bond donors (Lipinski definition) is 1. The molecule has 1 aliphatic heterocycles. The standard InChI is InChI=1S/C14H22N2O3S2/c1-3-15-11-13-5-4-6-14(12(13)2)21(18,19)16-7-9-20(17)10-8-16/h4-6,15H,3,7-11H2,1-2H3. The van der Waals surface area contributed by atoms with E-state index >= 15 is 0 Å². The number of hydrogen-bond acceptors (Lipinski definition) is 4. The maximum absolute atomic E-state index is 12.7. The highest BCUT2D eigenvalue weighted by molar-refractivity contribution is 7.89. The van der Waals surface area contributed by atoms with Crippen LogP contribution in [0.1, 0.15) is 18.1 Å². The molecule has 1 aromatic carbocycles. The van der Waals surface area contributed by atoms with Crippen molar-refractivity contribution in [3.63, 3.8) is 0 Å². The Labute approximate surface area is 129 Å². The first kappa shape index (κ1) is 16.6. The lowest BCUT2D eigenvalue weighted by Gasteiger charge is -2.26. The predicted molar refractivity (Wildman–Crippen MR) is 85.2 cm³/mol. The Morgan fingerprint density at radius 1 is 1.29 bits per heavy atom. The summed E-state index contributed by atoms with van der Waals surface area (Å²) >= 11 is 0. The van der Waals surface area contributed by atoms with Crippen LogP contribution in [0.4, 0.5) is 0 Å². The molecule has 1 fully saturated rings. The molecule has 0 spiro atoms. The zero-order chi connectivity index (χ0) is 15.5. The minimum Gasteiger partial charge on any atom is -0.313 e. The van der Waals surface area contributed by atoms with Gasteiger partial charge >= 0.3 is 0 Å². The molecule has 0 saturated carbocycles. The molecule has 0 unspecified atom stereocenters. The molecule has 0 aliphatic carbocycles. The molecule has 1 aromatic rings. The van der Waals surface area contributed by atoms with Crippen molar-refractivity contribution in [2.24, 2.45) is 0 Å². The predicted octanol–water partition coefficient (Wildman–Crippen LogP) is 0.858. The fourth-order valence-corrected chi connectivity index (χ4v) is 5.38. The van der Waals surface area contributed by atoms with Gasteiger partial charge in [-0.1, -0.05) is 19.1 Å². The van der Waals surface area contributed by atoms with Crippen LogP contribution >= 0.6 is 0 Å². The highest BCUT2D eigenvalue weighted by Gasteiger charge is 2.29. The fourth-order valence-electron chi connectivity index (χ4n) is 2.39. The summed E-state index contributed by atoms with van der Waals surface area (Å²) in [4.78, 5) is 0.366. The molecule has 21 heavy (non-hydrogen) atoms. The molecule has 1 saturated heterocycles. The largest absolute Gasteiger partial charge is 0.313 e. The van der Waals surface area contributed by atoms with E-state index in [2.05, 4.69) is 5.32 Å². The number of benzene rings is 1. The highest BCUT2D eigenvalue weighted by Crippen LogP contribution is 2.23. The van der Waals surface area contributed by atoms with Crippen molar-refractivity contribution in [2.45, 2.75) is 25.3 Å². The van der Waals surface area contributed by atoms with Gasteiger partial charge in [0.1, 0.15) is 0 Å². The van der Waals surface area contributed by atoms with E-state index in [1.807, 2.05) is 19.9 Å². The molecule has 1 heterocycles. The van der Waals surface area contributed by atoms with Crippen LogP contribution in [-0.4, -0.2) is 48.1 Å². The van der Waals surface area contributed by atoms with E-state index < -0.39 is 20.8 Å². The quantitative estimate of drug-likeness (QED) is 0.869. The Morgan fingerprint density at radius 2 is 1.95 bits per heavy atom. The van der Waals surface area contributed by atoms with Crippen LogP contribution in [0, 0.1) is 6.92 Å². The minimum atomic E-state index is -3.49. The molecular weight excluding hydrogens is 308 g/mol. The number of nitrogens with zero attached hydrogens (tertiary/aromatic N) is 1. The summed E-state index contributed by atoms with van der Waals surface area (Å²) in [5.74, 6) is 0.852. The van der Waals surface area contributed by atoms with E-state index in [4.69, 9.17) is 0 Å². The van der Waals surface area contributed by atoms with E-state index in [9.17, 15) is 12.6 Å². The van der Waals surface area contributed by atoms with E-state index in [1.165, 1.54) is 4.31 Å². The van der Waals surface area contributed by atoms with Gasteiger partial charge in [-0.25, -0.2) is 8.42 Å². The molecule has 5 nitrogen and oxygen atoms in total. The molecule has 1 N–H and O–H groups in total. The van der Waals surface area contributed by atoms with Crippen LogP contribution in [0.15, 0.2) is 23.1 Å². The Kier molecular flexibility index (Phi) is 5.54. The topological polar surface area (TPSA) is 66.5 Å². The van der Waals surface area contributed by atoms with Crippen molar-refractivity contribution in [3.05, 3.63) is 29.3 Å². The summed E-state index contributed by atoms with van der Waals surface area (Å²) in [6.45, 7) is 6.05. The van der Waals surface area contributed by atoms with E-state index in [0.717, 1.165) is 17.7 Å². The second-order valence-corrected chi connectivity index (χ2v) is 8.68. The van der Waals surface area contributed by atoms with Crippen molar-refractivity contribution < 1.29 is 12.6 Å². The van der Waals surface area contributed by atoms with Gasteiger partial charge in [0.15, 0.2) is 0 Å². The van der Waals surface area contributed by atoms with Crippen LogP contribution < -0.4 is 5.32 Å². The van der Waals surface area contributed by atoms with E-state index in [-0.39, 0.29) is 0 Å². The van der Waals surface area contributed by atoms with Gasteiger partial charge in [0.25, 0.3) is 0 Å². The zero-order valence-electron chi connectivity index (χ0n) is 12.5.